The van der Waals surface area contributed by atoms with Crippen LogP contribution in [0.2, 0.25) is 0 Å². The van der Waals surface area contributed by atoms with Gasteiger partial charge in [0.25, 0.3) is 0 Å². The van der Waals surface area contributed by atoms with Crippen LogP contribution in [0.15, 0.2) is 24.3 Å². The summed E-state index contributed by atoms with van der Waals surface area (Å²) in [6.45, 7) is 11.5. The summed E-state index contributed by atoms with van der Waals surface area (Å²) in [4.78, 5) is 0. The van der Waals surface area contributed by atoms with E-state index >= 15 is 0 Å². The zero-order chi connectivity index (χ0) is 15.7. The van der Waals surface area contributed by atoms with Crippen molar-refractivity contribution in [3.05, 3.63) is 35.4 Å². The predicted octanol–water partition coefficient (Wildman–Crippen LogP) is 5.07. The minimum absolute atomic E-state index is 0.0225. The van der Waals surface area contributed by atoms with Crippen molar-refractivity contribution in [1.82, 2.24) is 0 Å². The van der Waals surface area contributed by atoms with Crippen molar-refractivity contribution in [1.29, 1.82) is 0 Å². The van der Waals surface area contributed by atoms with Crippen LogP contribution in [0.5, 0.6) is 0 Å². The van der Waals surface area contributed by atoms with Crippen LogP contribution in [0.1, 0.15) is 71.4 Å². The zero-order valence-electron chi connectivity index (χ0n) is 14.6. The fourth-order valence-corrected chi connectivity index (χ4v) is 3.59. The van der Waals surface area contributed by atoms with Crippen LogP contribution in [0.25, 0.3) is 0 Å². The molecule has 0 atom stereocenters. The van der Waals surface area contributed by atoms with Crippen LogP contribution < -0.4 is 5.73 Å². The Morgan fingerprint density at radius 3 is 2.05 bits per heavy atom. The second-order valence-corrected chi connectivity index (χ2v) is 8.57. The molecule has 1 saturated carbocycles. The molecule has 0 amide bonds. The lowest BCUT2D eigenvalue weighted by Gasteiger charge is -2.39. The van der Waals surface area contributed by atoms with Crippen LogP contribution >= 0.6 is 0 Å². The first kappa shape index (κ1) is 16.5. The van der Waals surface area contributed by atoms with Gasteiger partial charge in [-0.3, -0.25) is 0 Å². The fourth-order valence-electron chi connectivity index (χ4n) is 3.59. The second kappa shape index (κ2) is 6.12. The quantitative estimate of drug-likeness (QED) is 0.825. The number of hydrogen-bond donors (Lipinski definition) is 1. The molecule has 0 unspecified atom stereocenters. The van der Waals surface area contributed by atoms with E-state index in [1.807, 2.05) is 0 Å². The molecule has 118 valence electrons. The van der Waals surface area contributed by atoms with Gasteiger partial charge in [-0.25, -0.2) is 0 Å². The molecule has 0 heterocycles. The third-order valence-electron chi connectivity index (χ3n) is 5.34. The maximum atomic E-state index is 6.68. The normalized spacial score (nSPS) is 27.1. The van der Waals surface area contributed by atoms with Crippen LogP contribution in [0.3, 0.4) is 0 Å². The summed E-state index contributed by atoms with van der Waals surface area (Å²) in [6, 6.07) is 9.12. The Balaban J connectivity index is 1.98. The van der Waals surface area contributed by atoms with Gasteiger partial charge in [0.2, 0.25) is 0 Å². The summed E-state index contributed by atoms with van der Waals surface area (Å²) in [7, 11) is 0. The van der Waals surface area contributed by atoms with Crippen molar-refractivity contribution in [2.24, 2.45) is 17.6 Å². The van der Waals surface area contributed by atoms with Crippen molar-refractivity contribution < 1.29 is 0 Å². The van der Waals surface area contributed by atoms with E-state index in [2.05, 4.69) is 58.9 Å². The van der Waals surface area contributed by atoms with E-state index in [0.717, 1.165) is 18.3 Å². The highest BCUT2D eigenvalue weighted by atomic mass is 14.7. The van der Waals surface area contributed by atoms with E-state index in [0.29, 0.717) is 0 Å². The Hall–Kier alpha value is -0.820. The number of nitrogens with two attached hydrogens (primary N) is 1. The Kier molecular flexibility index (Phi) is 4.82. The molecule has 0 aromatic heterocycles. The molecule has 1 aliphatic carbocycles. The Morgan fingerprint density at radius 2 is 1.62 bits per heavy atom. The summed E-state index contributed by atoms with van der Waals surface area (Å²) >= 11 is 0. The number of rotatable bonds is 3. The van der Waals surface area contributed by atoms with E-state index in [4.69, 9.17) is 5.73 Å². The molecule has 1 aromatic carbocycles. The molecular formula is C20H33N. The van der Waals surface area contributed by atoms with Gasteiger partial charge in [0.05, 0.1) is 0 Å². The van der Waals surface area contributed by atoms with Gasteiger partial charge in [-0.05, 0) is 60.5 Å². The molecule has 1 aromatic rings. The van der Waals surface area contributed by atoms with Gasteiger partial charge in [-0.2, -0.15) is 0 Å². The minimum atomic E-state index is 0.0225. The first-order chi connectivity index (χ1) is 9.70. The molecule has 2 N–H and O–H groups in total. The lowest BCUT2D eigenvalue weighted by Crippen LogP contribution is -2.45. The highest BCUT2D eigenvalue weighted by Gasteiger charge is 2.32. The lowest BCUT2D eigenvalue weighted by molar-refractivity contribution is 0.194. The van der Waals surface area contributed by atoms with Crippen LogP contribution in [0, 0.1) is 11.8 Å². The summed E-state index contributed by atoms with van der Waals surface area (Å²) in [5.41, 5.74) is 9.73. The predicted molar refractivity (Wildman–Crippen MR) is 92.6 cm³/mol. The van der Waals surface area contributed by atoms with Gasteiger partial charge in [-0.15, -0.1) is 0 Å². The molecule has 1 heteroatoms. The van der Waals surface area contributed by atoms with Gasteiger partial charge < -0.3 is 5.73 Å². The first-order valence-corrected chi connectivity index (χ1v) is 8.58. The van der Waals surface area contributed by atoms with Crippen LogP contribution in [-0.2, 0) is 11.8 Å². The Morgan fingerprint density at radius 1 is 1.10 bits per heavy atom. The molecule has 0 radical (unpaired) electrons. The monoisotopic (exact) mass is 287 g/mol. The SMILES string of the molecule is CC(C)C1CCC(N)(Cc2ccc(C(C)(C)C)cc2)CC1. The summed E-state index contributed by atoms with van der Waals surface area (Å²) in [5.74, 6) is 1.69. The van der Waals surface area contributed by atoms with E-state index in [1.165, 1.54) is 36.8 Å². The molecular weight excluding hydrogens is 254 g/mol. The maximum Gasteiger partial charge on any atom is 0.0195 e. The summed E-state index contributed by atoms with van der Waals surface area (Å²) in [6.07, 6.45) is 5.98. The molecule has 21 heavy (non-hydrogen) atoms. The van der Waals surface area contributed by atoms with Crippen molar-refractivity contribution in [3.8, 4) is 0 Å². The average Bonchev–Trinajstić information content (AvgIpc) is 2.38. The highest BCUT2D eigenvalue weighted by molar-refractivity contribution is 5.28. The second-order valence-electron chi connectivity index (χ2n) is 8.57. The van der Waals surface area contributed by atoms with Crippen LogP contribution in [0.4, 0.5) is 0 Å². The summed E-state index contributed by atoms with van der Waals surface area (Å²) in [5, 5.41) is 0. The first-order valence-electron chi connectivity index (χ1n) is 8.58. The Bertz CT molecular complexity index is 442. The van der Waals surface area contributed by atoms with Crippen LogP contribution in [-0.4, -0.2) is 5.54 Å². The molecule has 0 bridgehead atoms. The van der Waals surface area contributed by atoms with Crippen molar-refractivity contribution in [2.75, 3.05) is 0 Å². The van der Waals surface area contributed by atoms with E-state index in [-0.39, 0.29) is 11.0 Å². The fraction of sp³-hybridized carbons (Fsp3) is 0.700. The van der Waals surface area contributed by atoms with Gasteiger partial charge in [0.15, 0.2) is 0 Å². The zero-order valence-corrected chi connectivity index (χ0v) is 14.6. The maximum absolute atomic E-state index is 6.68. The topological polar surface area (TPSA) is 26.0 Å². The van der Waals surface area contributed by atoms with Crippen molar-refractivity contribution >= 4 is 0 Å². The molecule has 1 aliphatic rings. The molecule has 1 fully saturated rings. The summed E-state index contributed by atoms with van der Waals surface area (Å²) < 4.78 is 0. The largest absolute Gasteiger partial charge is 0.325 e. The minimum Gasteiger partial charge on any atom is -0.325 e. The molecule has 2 rings (SSSR count). The standard InChI is InChI=1S/C20H33N/c1-15(2)17-10-12-20(21,13-11-17)14-16-6-8-18(9-7-16)19(3,4)5/h6-9,15,17H,10-14,21H2,1-5H3. The molecule has 0 aliphatic heterocycles. The Labute approximate surface area is 131 Å². The molecule has 0 saturated heterocycles. The molecule has 1 nitrogen and oxygen atoms in total. The lowest BCUT2D eigenvalue weighted by atomic mass is 9.71. The smallest absolute Gasteiger partial charge is 0.0195 e. The van der Waals surface area contributed by atoms with E-state index < -0.39 is 0 Å². The number of benzene rings is 1. The van der Waals surface area contributed by atoms with Gasteiger partial charge >= 0.3 is 0 Å². The molecule has 0 spiro atoms. The van der Waals surface area contributed by atoms with Gasteiger partial charge in [0.1, 0.15) is 0 Å². The van der Waals surface area contributed by atoms with Gasteiger partial charge in [-0.1, -0.05) is 58.9 Å². The van der Waals surface area contributed by atoms with E-state index in [9.17, 15) is 0 Å². The third kappa shape index (κ3) is 4.32. The van der Waals surface area contributed by atoms with Crippen molar-refractivity contribution in [2.45, 2.75) is 77.7 Å². The van der Waals surface area contributed by atoms with Gasteiger partial charge in [0, 0.05) is 5.54 Å². The highest BCUT2D eigenvalue weighted by Crippen LogP contribution is 2.36. The van der Waals surface area contributed by atoms with E-state index in [1.54, 1.807) is 0 Å². The number of hydrogen-bond acceptors (Lipinski definition) is 1. The average molecular weight is 287 g/mol. The third-order valence-corrected chi connectivity index (χ3v) is 5.34. The van der Waals surface area contributed by atoms with Crippen molar-refractivity contribution in [3.63, 3.8) is 0 Å².